The summed E-state index contributed by atoms with van der Waals surface area (Å²) in [5.74, 6) is 1.69. The number of pyridine rings is 1. The molecule has 8 nitrogen and oxygen atoms in total. The maximum Gasteiger partial charge on any atom is 0.276 e. The number of nitrogens with zero attached hydrogens (tertiary/aromatic N) is 3. The monoisotopic (exact) mass is 413 g/mol. The van der Waals surface area contributed by atoms with Gasteiger partial charge in [0.25, 0.3) is 5.89 Å². The molecule has 0 aliphatic heterocycles. The van der Waals surface area contributed by atoms with Crippen LogP contribution in [-0.2, 0) is 6.61 Å². The molecule has 2 aromatic carbocycles. The Morgan fingerprint density at radius 2 is 1.87 bits per heavy atom. The quantitative estimate of drug-likeness (QED) is 0.457. The first-order valence-electron chi connectivity index (χ1n) is 9.40. The maximum atomic E-state index is 12.5. The van der Waals surface area contributed by atoms with Crippen molar-refractivity contribution in [3.05, 3.63) is 89.0 Å². The van der Waals surface area contributed by atoms with E-state index in [-0.39, 0.29) is 17.8 Å². The van der Waals surface area contributed by atoms with E-state index in [2.05, 4.69) is 15.1 Å². The molecule has 0 saturated carbocycles. The van der Waals surface area contributed by atoms with E-state index in [0.717, 1.165) is 0 Å². The van der Waals surface area contributed by atoms with E-state index in [4.69, 9.17) is 13.7 Å². The van der Waals surface area contributed by atoms with Crippen LogP contribution >= 0.6 is 0 Å². The molecule has 0 spiro atoms. The van der Waals surface area contributed by atoms with E-state index in [1.807, 2.05) is 6.07 Å². The molecule has 31 heavy (non-hydrogen) atoms. The highest BCUT2D eigenvalue weighted by atomic mass is 16.5. The summed E-state index contributed by atoms with van der Waals surface area (Å²) in [5.41, 5.74) is 1.47. The molecule has 0 fully saturated rings. The Bertz CT molecular complexity index is 1410. The predicted molar refractivity (Wildman–Crippen MR) is 111 cm³/mol. The topological polar surface area (TPSA) is 111 Å². The second-order valence-corrected chi connectivity index (χ2v) is 6.70. The molecule has 0 amide bonds. The van der Waals surface area contributed by atoms with Crippen LogP contribution in [-0.4, -0.2) is 20.2 Å². The van der Waals surface area contributed by atoms with Gasteiger partial charge in [-0.3, -0.25) is 9.78 Å². The Kier molecular flexibility index (Phi) is 4.64. The number of ether oxygens (including phenoxy) is 1. The highest BCUT2D eigenvalue weighted by Crippen LogP contribution is 2.26. The summed E-state index contributed by atoms with van der Waals surface area (Å²) in [6, 6.07) is 18.2. The number of aromatic nitrogens is 3. The van der Waals surface area contributed by atoms with Crippen molar-refractivity contribution in [1.29, 1.82) is 0 Å². The lowest BCUT2D eigenvalue weighted by molar-refractivity contribution is 0.287. The molecule has 1 N–H and O–H groups in total. The molecule has 3 aromatic heterocycles. The normalized spacial score (nSPS) is 11.0. The number of rotatable bonds is 5. The fraction of sp³-hybridized carbons (Fsp3) is 0.0435. The second-order valence-electron chi connectivity index (χ2n) is 6.70. The molecule has 0 aliphatic carbocycles. The van der Waals surface area contributed by atoms with Crippen molar-refractivity contribution in [3.8, 4) is 34.4 Å². The molecule has 0 radical (unpaired) electrons. The molecule has 8 heteroatoms. The molecular formula is C23H15N3O5. The van der Waals surface area contributed by atoms with Gasteiger partial charge in [-0.05, 0) is 48.5 Å². The number of hydrogen-bond acceptors (Lipinski definition) is 8. The molecule has 3 heterocycles. The van der Waals surface area contributed by atoms with E-state index < -0.39 is 0 Å². The van der Waals surface area contributed by atoms with Crippen LogP contribution < -0.4 is 10.2 Å². The molecule has 0 unspecified atom stereocenters. The van der Waals surface area contributed by atoms with Gasteiger partial charge < -0.3 is 18.8 Å². The molecule has 5 rings (SSSR count). The zero-order valence-corrected chi connectivity index (χ0v) is 16.1. The Morgan fingerprint density at radius 1 is 1.00 bits per heavy atom. The van der Waals surface area contributed by atoms with Crippen LogP contribution in [0.15, 0.2) is 86.7 Å². The minimum absolute atomic E-state index is 0.0731. The molecule has 152 valence electrons. The number of aromatic hydroxyl groups is 1. The summed E-state index contributed by atoms with van der Waals surface area (Å²) < 4.78 is 16.9. The van der Waals surface area contributed by atoms with Gasteiger partial charge in [0, 0.05) is 23.9 Å². The van der Waals surface area contributed by atoms with Crippen molar-refractivity contribution in [2.45, 2.75) is 6.61 Å². The summed E-state index contributed by atoms with van der Waals surface area (Å²) in [6.45, 7) is 0.0731. The number of phenolic OH excluding ortho intramolecular Hbond substituents is 1. The van der Waals surface area contributed by atoms with Crippen molar-refractivity contribution < 1.29 is 18.8 Å². The summed E-state index contributed by atoms with van der Waals surface area (Å²) in [4.78, 5) is 20.9. The third kappa shape index (κ3) is 3.86. The number of hydrogen-bond donors (Lipinski definition) is 1. The largest absolute Gasteiger partial charge is 0.508 e. The van der Waals surface area contributed by atoms with E-state index in [1.165, 1.54) is 18.2 Å². The van der Waals surface area contributed by atoms with Crippen LogP contribution in [0.2, 0.25) is 0 Å². The zero-order valence-electron chi connectivity index (χ0n) is 16.1. The van der Waals surface area contributed by atoms with Gasteiger partial charge in [0.15, 0.2) is 12.0 Å². The Labute approximate surface area is 175 Å². The standard InChI is InChI=1S/C23H15N3O5/c27-15-6-4-14(5-7-15)20-12-19(28)17-9-8-16(11-21(17)30-20)29-13-22-25-23(31-26-22)18-3-1-2-10-24-18/h1-12,27H,13H2. The average molecular weight is 413 g/mol. The first-order chi connectivity index (χ1) is 15.2. The van der Waals surface area contributed by atoms with E-state index in [0.29, 0.717) is 45.5 Å². The van der Waals surface area contributed by atoms with Gasteiger partial charge in [-0.2, -0.15) is 4.98 Å². The fourth-order valence-corrected chi connectivity index (χ4v) is 3.05. The van der Waals surface area contributed by atoms with Crippen molar-refractivity contribution in [3.63, 3.8) is 0 Å². The summed E-state index contributed by atoms with van der Waals surface area (Å²) in [5, 5.41) is 13.8. The van der Waals surface area contributed by atoms with E-state index in [1.54, 1.807) is 48.7 Å². The highest BCUT2D eigenvalue weighted by Gasteiger charge is 2.12. The van der Waals surface area contributed by atoms with Crippen LogP contribution in [0, 0.1) is 0 Å². The first-order valence-corrected chi connectivity index (χ1v) is 9.40. The minimum atomic E-state index is -0.172. The number of benzene rings is 2. The smallest absolute Gasteiger partial charge is 0.276 e. The van der Waals surface area contributed by atoms with Crippen LogP contribution in [0.25, 0.3) is 33.9 Å². The van der Waals surface area contributed by atoms with Crippen molar-refractivity contribution in [2.24, 2.45) is 0 Å². The van der Waals surface area contributed by atoms with Gasteiger partial charge in [0.1, 0.15) is 28.5 Å². The second kappa shape index (κ2) is 7.75. The van der Waals surface area contributed by atoms with Crippen LogP contribution in [0.5, 0.6) is 11.5 Å². The van der Waals surface area contributed by atoms with Gasteiger partial charge in [-0.25, -0.2) is 0 Å². The van der Waals surface area contributed by atoms with Gasteiger partial charge in [0.2, 0.25) is 5.82 Å². The van der Waals surface area contributed by atoms with Gasteiger partial charge in [-0.1, -0.05) is 11.2 Å². The molecule has 5 aromatic rings. The summed E-state index contributed by atoms with van der Waals surface area (Å²) in [7, 11) is 0. The fourth-order valence-electron chi connectivity index (χ4n) is 3.05. The third-order valence-electron chi connectivity index (χ3n) is 4.57. The van der Waals surface area contributed by atoms with Crippen molar-refractivity contribution >= 4 is 11.0 Å². The molecule has 0 aliphatic rings. The molecule has 0 bridgehead atoms. The lowest BCUT2D eigenvalue weighted by Crippen LogP contribution is -2.02. The Balaban J connectivity index is 1.39. The van der Waals surface area contributed by atoms with E-state index in [9.17, 15) is 9.90 Å². The number of fused-ring (bicyclic) bond motifs is 1. The minimum Gasteiger partial charge on any atom is -0.508 e. The van der Waals surface area contributed by atoms with Crippen molar-refractivity contribution in [1.82, 2.24) is 15.1 Å². The summed E-state index contributed by atoms with van der Waals surface area (Å²) >= 11 is 0. The lowest BCUT2D eigenvalue weighted by Gasteiger charge is -2.06. The molecule has 0 saturated heterocycles. The maximum absolute atomic E-state index is 12.5. The Hall–Kier alpha value is -4.46. The van der Waals surface area contributed by atoms with Gasteiger partial charge >= 0.3 is 0 Å². The molecule has 0 atom stereocenters. The van der Waals surface area contributed by atoms with Crippen LogP contribution in [0.3, 0.4) is 0 Å². The summed E-state index contributed by atoms with van der Waals surface area (Å²) in [6.07, 6.45) is 1.64. The van der Waals surface area contributed by atoms with Gasteiger partial charge in [0.05, 0.1) is 5.39 Å². The van der Waals surface area contributed by atoms with Gasteiger partial charge in [-0.15, -0.1) is 0 Å². The van der Waals surface area contributed by atoms with E-state index >= 15 is 0 Å². The predicted octanol–water partition coefficient (Wildman–Crippen LogP) is 4.19. The van der Waals surface area contributed by atoms with Crippen LogP contribution in [0.1, 0.15) is 5.82 Å². The highest BCUT2D eigenvalue weighted by molar-refractivity contribution is 5.80. The van der Waals surface area contributed by atoms with Crippen molar-refractivity contribution in [2.75, 3.05) is 0 Å². The third-order valence-corrected chi connectivity index (χ3v) is 4.57. The Morgan fingerprint density at radius 3 is 2.68 bits per heavy atom. The SMILES string of the molecule is O=c1cc(-c2ccc(O)cc2)oc2cc(OCc3noc(-c4ccccn4)n3)ccc12. The van der Waals surface area contributed by atoms with Crippen LogP contribution in [0.4, 0.5) is 0 Å². The average Bonchev–Trinajstić information content (AvgIpc) is 3.28. The molecular weight excluding hydrogens is 398 g/mol. The number of phenols is 1. The first kappa shape index (κ1) is 18.6. The zero-order chi connectivity index (χ0) is 21.2. The lowest BCUT2D eigenvalue weighted by atomic mass is 10.1.